The zero-order valence-electron chi connectivity index (χ0n) is 8.45. The van der Waals surface area contributed by atoms with Crippen molar-refractivity contribution in [2.75, 3.05) is 6.61 Å². The first-order valence-corrected chi connectivity index (χ1v) is 4.57. The Hall–Kier alpha value is -1.51. The maximum atomic E-state index is 10.6. The fourth-order valence-corrected chi connectivity index (χ4v) is 1.08. The van der Waals surface area contributed by atoms with Crippen LogP contribution in [0.15, 0.2) is 24.3 Å². The Bertz CT molecular complexity index is 307. The minimum Gasteiger partial charge on any atom is -0.494 e. The van der Waals surface area contributed by atoms with Crippen molar-refractivity contribution in [2.24, 2.45) is 0 Å². The van der Waals surface area contributed by atoms with Crippen molar-refractivity contribution >= 4 is 5.97 Å². The van der Waals surface area contributed by atoms with Crippen molar-refractivity contribution in [3.63, 3.8) is 0 Å². The Morgan fingerprint density at radius 3 is 2.86 bits per heavy atom. The van der Waals surface area contributed by atoms with Crippen molar-refractivity contribution < 1.29 is 14.3 Å². The predicted molar refractivity (Wildman–Crippen MR) is 53.1 cm³/mol. The molecular formula is C11H14O3. The van der Waals surface area contributed by atoms with Gasteiger partial charge in [-0.3, -0.25) is 4.79 Å². The molecule has 0 aromatic heterocycles. The minimum absolute atomic E-state index is 0.271. The highest BCUT2D eigenvalue weighted by atomic mass is 16.5. The molecule has 3 heteroatoms. The maximum Gasteiger partial charge on any atom is 0.302 e. The lowest BCUT2D eigenvalue weighted by molar-refractivity contribution is -0.142. The van der Waals surface area contributed by atoms with Crippen LogP contribution in [-0.2, 0) is 16.1 Å². The summed E-state index contributed by atoms with van der Waals surface area (Å²) in [6.07, 6.45) is 0. The molecular weight excluding hydrogens is 180 g/mol. The molecule has 0 heterocycles. The van der Waals surface area contributed by atoms with Gasteiger partial charge in [-0.25, -0.2) is 0 Å². The fourth-order valence-electron chi connectivity index (χ4n) is 1.08. The Kier molecular flexibility index (Phi) is 3.98. The van der Waals surface area contributed by atoms with Gasteiger partial charge in [-0.2, -0.15) is 0 Å². The van der Waals surface area contributed by atoms with E-state index in [2.05, 4.69) is 0 Å². The lowest BCUT2D eigenvalue weighted by atomic mass is 10.2. The van der Waals surface area contributed by atoms with Gasteiger partial charge in [0.25, 0.3) is 0 Å². The molecule has 14 heavy (non-hydrogen) atoms. The van der Waals surface area contributed by atoms with Crippen LogP contribution in [0.25, 0.3) is 0 Å². The monoisotopic (exact) mass is 194 g/mol. The number of hydrogen-bond acceptors (Lipinski definition) is 3. The van der Waals surface area contributed by atoms with E-state index in [0.717, 1.165) is 11.3 Å². The van der Waals surface area contributed by atoms with Crippen molar-refractivity contribution in [1.29, 1.82) is 0 Å². The highest BCUT2D eigenvalue weighted by Crippen LogP contribution is 2.13. The van der Waals surface area contributed by atoms with Crippen molar-refractivity contribution in [3.05, 3.63) is 29.8 Å². The van der Waals surface area contributed by atoms with Crippen LogP contribution in [0.4, 0.5) is 0 Å². The SMILES string of the molecule is CCOc1cccc(COC(C)=O)c1. The van der Waals surface area contributed by atoms with Crippen LogP contribution < -0.4 is 4.74 Å². The molecule has 0 fully saturated rings. The van der Waals surface area contributed by atoms with E-state index in [-0.39, 0.29) is 5.97 Å². The molecule has 0 atom stereocenters. The highest BCUT2D eigenvalue weighted by Gasteiger charge is 1.98. The summed E-state index contributed by atoms with van der Waals surface area (Å²) >= 11 is 0. The van der Waals surface area contributed by atoms with Crippen LogP contribution in [0, 0.1) is 0 Å². The van der Waals surface area contributed by atoms with Crippen LogP contribution >= 0.6 is 0 Å². The second-order valence-corrected chi connectivity index (χ2v) is 2.86. The van der Waals surface area contributed by atoms with E-state index in [1.807, 2.05) is 31.2 Å². The number of carbonyl (C=O) groups excluding carboxylic acids is 1. The average Bonchev–Trinajstić information content (AvgIpc) is 2.16. The zero-order chi connectivity index (χ0) is 10.4. The van der Waals surface area contributed by atoms with Crippen LogP contribution in [0.1, 0.15) is 19.4 Å². The topological polar surface area (TPSA) is 35.5 Å². The van der Waals surface area contributed by atoms with E-state index in [9.17, 15) is 4.79 Å². The summed E-state index contributed by atoms with van der Waals surface area (Å²) in [5.74, 6) is 0.531. The molecule has 0 amide bonds. The van der Waals surface area contributed by atoms with Crippen molar-refractivity contribution in [1.82, 2.24) is 0 Å². The molecule has 0 saturated carbocycles. The van der Waals surface area contributed by atoms with Gasteiger partial charge >= 0.3 is 5.97 Å². The minimum atomic E-state index is -0.271. The third-order valence-electron chi connectivity index (χ3n) is 1.65. The smallest absolute Gasteiger partial charge is 0.302 e. The highest BCUT2D eigenvalue weighted by molar-refractivity contribution is 5.65. The van der Waals surface area contributed by atoms with Gasteiger partial charge < -0.3 is 9.47 Å². The number of benzene rings is 1. The number of hydrogen-bond donors (Lipinski definition) is 0. The number of esters is 1. The van der Waals surface area contributed by atoms with Crippen LogP contribution in [0.5, 0.6) is 5.75 Å². The fraction of sp³-hybridized carbons (Fsp3) is 0.364. The molecule has 0 saturated heterocycles. The zero-order valence-corrected chi connectivity index (χ0v) is 8.45. The Labute approximate surface area is 83.6 Å². The molecule has 0 bridgehead atoms. The largest absolute Gasteiger partial charge is 0.494 e. The van der Waals surface area contributed by atoms with E-state index in [1.54, 1.807) is 0 Å². The molecule has 0 spiro atoms. The van der Waals surface area contributed by atoms with Gasteiger partial charge in [0.15, 0.2) is 0 Å². The molecule has 0 aliphatic heterocycles. The summed E-state index contributed by atoms with van der Waals surface area (Å²) in [6.45, 7) is 4.26. The summed E-state index contributed by atoms with van der Waals surface area (Å²) in [4.78, 5) is 10.6. The molecule has 1 rings (SSSR count). The first-order chi connectivity index (χ1) is 6.72. The quantitative estimate of drug-likeness (QED) is 0.689. The summed E-state index contributed by atoms with van der Waals surface area (Å²) in [7, 11) is 0. The molecule has 1 aromatic carbocycles. The standard InChI is InChI=1S/C11H14O3/c1-3-13-11-6-4-5-10(7-11)8-14-9(2)12/h4-7H,3,8H2,1-2H3. The lowest BCUT2D eigenvalue weighted by Gasteiger charge is -2.05. The average molecular weight is 194 g/mol. The molecule has 0 aliphatic rings. The molecule has 0 unspecified atom stereocenters. The maximum absolute atomic E-state index is 10.6. The van der Waals surface area contributed by atoms with Crippen molar-refractivity contribution in [2.45, 2.75) is 20.5 Å². The van der Waals surface area contributed by atoms with Gasteiger partial charge in [0.1, 0.15) is 12.4 Å². The summed E-state index contributed by atoms with van der Waals surface area (Å²) in [5, 5.41) is 0. The second kappa shape index (κ2) is 5.27. The third-order valence-corrected chi connectivity index (χ3v) is 1.65. The Balaban J connectivity index is 2.58. The van der Waals surface area contributed by atoms with E-state index in [4.69, 9.17) is 9.47 Å². The lowest BCUT2D eigenvalue weighted by Crippen LogP contribution is -1.99. The summed E-state index contributed by atoms with van der Waals surface area (Å²) < 4.78 is 10.2. The van der Waals surface area contributed by atoms with E-state index in [1.165, 1.54) is 6.92 Å². The van der Waals surface area contributed by atoms with E-state index < -0.39 is 0 Å². The number of ether oxygens (including phenoxy) is 2. The van der Waals surface area contributed by atoms with Gasteiger partial charge in [-0.1, -0.05) is 12.1 Å². The molecule has 76 valence electrons. The van der Waals surface area contributed by atoms with Gasteiger partial charge in [0, 0.05) is 6.92 Å². The van der Waals surface area contributed by atoms with Crippen molar-refractivity contribution in [3.8, 4) is 5.75 Å². The van der Waals surface area contributed by atoms with Gasteiger partial charge in [-0.15, -0.1) is 0 Å². The number of carbonyl (C=O) groups is 1. The summed E-state index contributed by atoms with van der Waals surface area (Å²) in [5.41, 5.74) is 0.936. The molecule has 1 aromatic rings. The molecule has 0 aliphatic carbocycles. The van der Waals surface area contributed by atoms with Crippen LogP contribution in [0.3, 0.4) is 0 Å². The normalized spacial score (nSPS) is 9.57. The van der Waals surface area contributed by atoms with Gasteiger partial charge in [0.05, 0.1) is 6.61 Å². The van der Waals surface area contributed by atoms with E-state index >= 15 is 0 Å². The third kappa shape index (κ3) is 3.47. The van der Waals surface area contributed by atoms with Gasteiger partial charge in [0.2, 0.25) is 0 Å². The Morgan fingerprint density at radius 2 is 2.21 bits per heavy atom. The van der Waals surface area contributed by atoms with Crippen LogP contribution in [0.2, 0.25) is 0 Å². The molecule has 3 nitrogen and oxygen atoms in total. The predicted octanol–water partition coefficient (Wildman–Crippen LogP) is 2.15. The van der Waals surface area contributed by atoms with Gasteiger partial charge in [-0.05, 0) is 24.6 Å². The first-order valence-electron chi connectivity index (χ1n) is 4.57. The summed E-state index contributed by atoms with van der Waals surface area (Å²) in [6, 6.07) is 7.52. The number of rotatable bonds is 4. The van der Waals surface area contributed by atoms with E-state index in [0.29, 0.717) is 13.2 Å². The second-order valence-electron chi connectivity index (χ2n) is 2.86. The first kappa shape index (κ1) is 10.6. The Morgan fingerprint density at radius 1 is 1.43 bits per heavy atom. The van der Waals surface area contributed by atoms with Crippen LogP contribution in [-0.4, -0.2) is 12.6 Å². The molecule has 0 radical (unpaired) electrons. The molecule has 0 N–H and O–H groups in total.